The van der Waals surface area contributed by atoms with Crippen LogP contribution in [-0.2, 0) is 0 Å². The number of hydrogen-bond acceptors (Lipinski definition) is 7. The van der Waals surface area contributed by atoms with Crippen molar-refractivity contribution in [1.82, 2.24) is 0 Å². The van der Waals surface area contributed by atoms with E-state index in [4.69, 9.17) is 4.42 Å². The van der Waals surface area contributed by atoms with Gasteiger partial charge in [0.25, 0.3) is 0 Å². The summed E-state index contributed by atoms with van der Waals surface area (Å²) in [7, 11) is 0. The van der Waals surface area contributed by atoms with Crippen LogP contribution < -0.4 is 5.43 Å². The molecular formula is C15H9NO6. The number of benzene rings is 2. The molecule has 1 heterocycles. The number of nitroso groups, excluding NO2 is 1. The fraction of sp³-hybridized carbons (Fsp3) is 0. The molecule has 0 aliphatic rings. The van der Waals surface area contributed by atoms with Crippen LogP contribution in [0.25, 0.3) is 22.3 Å². The van der Waals surface area contributed by atoms with Crippen molar-refractivity contribution in [3.8, 4) is 28.6 Å². The van der Waals surface area contributed by atoms with Crippen LogP contribution in [0.5, 0.6) is 17.2 Å². The number of phenolic OH excluding ortho intramolecular Hbond substituents is 3. The lowest BCUT2D eigenvalue weighted by atomic mass is 10.1. The van der Waals surface area contributed by atoms with Crippen LogP contribution in [0.1, 0.15) is 0 Å². The zero-order valence-corrected chi connectivity index (χ0v) is 11.0. The van der Waals surface area contributed by atoms with Gasteiger partial charge in [0.1, 0.15) is 39.7 Å². The summed E-state index contributed by atoms with van der Waals surface area (Å²) in [5.41, 5.74) is -0.371. The average Bonchev–Trinajstić information content (AvgIpc) is 2.46. The first-order valence-electron chi connectivity index (χ1n) is 6.16. The van der Waals surface area contributed by atoms with Crippen molar-refractivity contribution in [1.29, 1.82) is 0 Å². The molecule has 0 saturated heterocycles. The molecule has 0 aliphatic carbocycles. The second-order valence-corrected chi connectivity index (χ2v) is 4.61. The van der Waals surface area contributed by atoms with Crippen molar-refractivity contribution in [3.63, 3.8) is 0 Å². The third-order valence-electron chi connectivity index (χ3n) is 3.15. The van der Waals surface area contributed by atoms with E-state index in [-0.39, 0.29) is 33.9 Å². The zero-order chi connectivity index (χ0) is 15.9. The van der Waals surface area contributed by atoms with Crippen molar-refractivity contribution >= 4 is 16.7 Å². The molecule has 0 unspecified atom stereocenters. The SMILES string of the molecule is O=Nc1cc(-c2cc(=O)c3c(O)cc(O)cc3o2)ccc1O. The summed E-state index contributed by atoms with van der Waals surface area (Å²) in [5.74, 6) is -0.841. The van der Waals surface area contributed by atoms with Gasteiger partial charge in [-0.3, -0.25) is 4.79 Å². The van der Waals surface area contributed by atoms with Crippen molar-refractivity contribution in [3.05, 3.63) is 51.5 Å². The van der Waals surface area contributed by atoms with Gasteiger partial charge in [-0.2, -0.15) is 0 Å². The van der Waals surface area contributed by atoms with E-state index in [1.807, 2.05) is 0 Å². The summed E-state index contributed by atoms with van der Waals surface area (Å²) in [5, 5.41) is 31.2. The van der Waals surface area contributed by atoms with Crippen LogP contribution in [0.15, 0.2) is 50.8 Å². The molecule has 0 saturated carbocycles. The van der Waals surface area contributed by atoms with Gasteiger partial charge in [-0.15, -0.1) is 4.91 Å². The first kappa shape index (κ1) is 13.6. The Morgan fingerprint density at radius 3 is 2.45 bits per heavy atom. The Kier molecular flexibility index (Phi) is 3.03. The van der Waals surface area contributed by atoms with Gasteiger partial charge in [0.2, 0.25) is 0 Å². The van der Waals surface area contributed by atoms with Crippen molar-refractivity contribution < 1.29 is 19.7 Å². The van der Waals surface area contributed by atoms with Crippen molar-refractivity contribution in [2.24, 2.45) is 5.18 Å². The highest BCUT2D eigenvalue weighted by molar-refractivity contribution is 5.86. The molecule has 22 heavy (non-hydrogen) atoms. The van der Waals surface area contributed by atoms with E-state index in [0.717, 1.165) is 12.1 Å². The summed E-state index contributed by atoms with van der Waals surface area (Å²) < 4.78 is 5.48. The summed E-state index contributed by atoms with van der Waals surface area (Å²) >= 11 is 0. The van der Waals surface area contributed by atoms with E-state index >= 15 is 0 Å². The average molecular weight is 299 g/mol. The Bertz CT molecular complexity index is 960. The minimum absolute atomic E-state index is 0.00585. The van der Waals surface area contributed by atoms with Crippen LogP contribution in [0.3, 0.4) is 0 Å². The van der Waals surface area contributed by atoms with Gasteiger partial charge in [-0.1, -0.05) is 0 Å². The Hall–Kier alpha value is -3.35. The maximum atomic E-state index is 12.1. The third-order valence-corrected chi connectivity index (χ3v) is 3.15. The Labute approximate surface area is 122 Å². The molecule has 3 aromatic rings. The topological polar surface area (TPSA) is 120 Å². The number of aromatic hydroxyl groups is 3. The quantitative estimate of drug-likeness (QED) is 0.625. The van der Waals surface area contributed by atoms with Gasteiger partial charge in [0.05, 0.1) is 0 Å². The number of fused-ring (bicyclic) bond motifs is 1. The molecule has 3 rings (SSSR count). The predicted octanol–water partition coefficient (Wildman–Crippen LogP) is 2.97. The molecule has 1 aromatic heterocycles. The summed E-state index contributed by atoms with van der Waals surface area (Å²) in [6.45, 7) is 0. The Morgan fingerprint density at radius 2 is 1.73 bits per heavy atom. The molecule has 0 aliphatic heterocycles. The van der Waals surface area contributed by atoms with E-state index in [1.165, 1.54) is 24.3 Å². The first-order chi connectivity index (χ1) is 10.5. The molecule has 0 atom stereocenters. The standard InChI is InChI=1S/C15H9NO6/c17-8-4-11(19)15-12(20)6-13(22-14(15)5-8)7-1-2-10(18)9(3-7)16-21/h1-6,17-19H. The van der Waals surface area contributed by atoms with E-state index in [1.54, 1.807) is 0 Å². The number of nitrogens with zero attached hydrogens (tertiary/aromatic N) is 1. The molecule has 0 fully saturated rings. The maximum Gasteiger partial charge on any atom is 0.197 e. The minimum Gasteiger partial charge on any atom is -0.508 e. The lowest BCUT2D eigenvalue weighted by Crippen LogP contribution is -2.00. The highest BCUT2D eigenvalue weighted by Crippen LogP contribution is 2.34. The van der Waals surface area contributed by atoms with Gasteiger partial charge < -0.3 is 19.7 Å². The van der Waals surface area contributed by atoms with Crippen LogP contribution in [-0.4, -0.2) is 15.3 Å². The molecular weight excluding hydrogens is 290 g/mol. The van der Waals surface area contributed by atoms with Gasteiger partial charge >= 0.3 is 0 Å². The molecule has 0 radical (unpaired) electrons. The molecule has 0 amide bonds. The third kappa shape index (κ3) is 2.14. The van der Waals surface area contributed by atoms with Gasteiger partial charge in [-0.05, 0) is 23.4 Å². The van der Waals surface area contributed by atoms with Crippen molar-refractivity contribution in [2.75, 3.05) is 0 Å². The predicted molar refractivity (Wildman–Crippen MR) is 78.4 cm³/mol. The molecule has 0 bridgehead atoms. The lowest BCUT2D eigenvalue weighted by molar-refractivity contribution is 0.452. The Morgan fingerprint density at radius 1 is 0.955 bits per heavy atom. The molecule has 3 N–H and O–H groups in total. The molecule has 0 spiro atoms. The number of phenols is 3. The molecule has 110 valence electrons. The second kappa shape index (κ2) is 4.88. The second-order valence-electron chi connectivity index (χ2n) is 4.61. The number of hydrogen-bond donors (Lipinski definition) is 3. The Balaban J connectivity index is 2.29. The smallest absolute Gasteiger partial charge is 0.197 e. The van der Waals surface area contributed by atoms with E-state index in [9.17, 15) is 25.0 Å². The van der Waals surface area contributed by atoms with Crippen LogP contribution >= 0.6 is 0 Å². The normalized spacial score (nSPS) is 10.7. The maximum absolute atomic E-state index is 12.1. The molecule has 7 heteroatoms. The monoisotopic (exact) mass is 299 g/mol. The fourth-order valence-corrected chi connectivity index (χ4v) is 2.15. The summed E-state index contributed by atoms with van der Waals surface area (Å²) in [6, 6.07) is 7.31. The first-order valence-corrected chi connectivity index (χ1v) is 6.16. The van der Waals surface area contributed by atoms with Gasteiger partial charge in [-0.25, -0.2) is 0 Å². The highest BCUT2D eigenvalue weighted by atomic mass is 16.3. The number of rotatable bonds is 2. The van der Waals surface area contributed by atoms with E-state index < -0.39 is 11.2 Å². The zero-order valence-electron chi connectivity index (χ0n) is 11.0. The lowest BCUT2D eigenvalue weighted by Gasteiger charge is -2.06. The van der Waals surface area contributed by atoms with Gasteiger partial charge in [0.15, 0.2) is 5.43 Å². The summed E-state index contributed by atoms with van der Waals surface area (Å²) in [6.07, 6.45) is 0. The largest absolute Gasteiger partial charge is 0.508 e. The minimum atomic E-state index is -0.512. The van der Waals surface area contributed by atoms with Crippen molar-refractivity contribution in [2.45, 2.75) is 0 Å². The van der Waals surface area contributed by atoms with Gasteiger partial charge in [0, 0.05) is 23.8 Å². The highest BCUT2D eigenvalue weighted by Gasteiger charge is 2.13. The van der Waals surface area contributed by atoms with Crippen LogP contribution in [0.4, 0.5) is 5.69 Å². The van der Waals surface area contributed by atoms with E-state index in [2.05, 4.69) is 5.18 Å². The van der Waals surface area contributed by atoms with Crippen LogP contribution in [0.2, 0.25) is 0 Å². The molecule has 2 aromatic carbocycles. The fourth-order valence-electron chi connectivity index (χ4n) is 2.15. The van der Waals surface area contributed by atoms with E-state index in [0.29, 0.717) is 5.56 Å². The molecule has 7 nitrogen and oxygen atoms in total. The van der Waals surface area contributed by atoms with Crippen LogP contribution in [0, 0.1) is 4.91 Å². The summed E-state index contributed by atoms with van der Waals surface area (Å²) in [4.78, 5) is 22.7.